The second-order valence-corrected chi connectivity index (χ2v) is 7.05. The van der Waals surface area contributed by atoms with Gasteiger partial charge >= 0.3 is 0 Å². The zero-order valence-electron chi connectivity index (χ0n) is 15.6. The molecule has 0 radical (unpaired) electrons. The minimum atomic E-state index is -0.990. The predicted molar refractivity (Wildman–Crippen MR) is 106 cm³/mol. The van der Waals surface area contributed by atoms with E-state index in [9.17, 15) is 13.9 Å². The van der Waals surface area contributed by atoms with E-state index in [0.29, 0.717) is 11.1 Å². The Labute approximate surface area is 162 Å². The number of hydrogen-bond acceptors (Lipinski definition) is 4. The van der Waals surface area contributed by atoms with Crippen molar-refractivity contribution in [1.29, 1.82) is 0 Å². The number of aromatic nitrogens is 1. The van der Waals surface area contributed by atoms with E-state index in [1.54, 1.807) is 12.4 Å². The Morgan fingerprint density at radius 2 is 1.61 bits per heavy atom. The Balaban J connectivity index is 1.74. The summed E-state index contributed by atoms with van der Waals surface area (Å²) in [6.45, 7) is 3.93. The zero-order chi connectivity index (χ0) is 19.7. The second-order valence-electron chi connectivity index (χ2n) is 7.05. The van der Waals surface area contributed by atoms with Crippen LogP contribution in [-0.2, 0) is 0 Å². The van der Waals surface area contributed by atoms with Gasteiger partial charge in [-0.3, -0.25) is 4.98 Å². The van der Waals surface area contributed by atoms with E-state index in [4.69, 9.17) is 0 Å². The summed E-state index contributed by atoms with van der Waals surface area (Å²) in [5, 5.41) is 9.39. The monoisotopic (exact) mass is 381 g/mol. The molecule has 1 saturated heterocycles. The molecule has 0 unspecified atom stereocenters. The summed E-state index contributed by atoms with van der Waals surface area (Å²) >= 11 is 0. The van der Waals surface area contributed by atoms with Crippen molar-refractivity contribution >= 4 is 5.69 Å². The Hall–Kier alpha value is -2.99. The van der Waals surface area contributed by atoms with E-state index in [0.717, 1.165) is 55.1 Å². The van der Waals surface area contributed by atoms with Crippen molar-refractivity contribution in [3.8, 4) is 28.0 Å². The van der Waals surface area contributed by atoms with E-state index in [1.165, 1.54) is 0 Å². The van der Waals surface area contributed by atoms with Gasteiger partial charge < -0.3 is 14.9 Å². The maximum absolute atomic E-state index is 13.9. The van der Waals surface area contributed by atoms with Gasteiger partial charge in [-0.05, 0) is 54.1 Å². The van der Waals surface area contributed by atoms with Gasteiger partial charge in [0.05, 0.1) is 0 Å². The van der Waals surface area contributed by atoms with Crippen LogP contribution in [0.2, 0.25) is 0 Å². The minimum absolute atomic E-state index is 0.334. The number of nitrogens with zero attached hydrogens (tertiary/aromatic N) is 3. The van der Waals surface area contributed by atoms with Crippen molar-refractivity contribution in [2.45, 2.75) is 0 Å². The van der Waals surface area contributed by atoms with Crippen molar-refractivity contribution in [1.82, 2.24) is 9.88 Å². The average molecular weight is 381 g/mol. The summed E-state index contributed by atoms with van der Waals surface area (Å²) in [4.78, 5) is 8.76. The highest BCUT2D eigenvalue weighted by atomic mass is 19.1. The van der Waals surface area contributed by atoms with E-state index >= 15 is 0 Å². The van der Waals surface area contributed by atoms with Crippen LogP contribution in [0.1, 0.15) is 0 Å². The Morgan fingerprint density at radius 1 is 0.893 bits per heavy atom. The van der Waals surface area contributed by atoms with Crippen molar-refractivity contribution in [2.75, 3.05) is 38.1 Å². The van der Waals surface area contributed by atoms with Gasteiger partial charge in [0.15, 0.2) is 17.4 Å². The second kappa shape index (κ2) is 7.56. The van der Waals surface area contributed by atoms with E-state index in [2.05, 4.69) is 34.0 Å². The molecular weight excluding hydrogens is 360 g/mol. The lowest BCUT2D eigenvalue weighted by atomic mass is 9.96. The largest absolute Gasteiger partial charge is 0.503 e. The van der Waals surface area contributed by atoms with Gasteiger partial charge in [-0.2, -0.15) is 0 Å². The van der Waals surface area contributed by atoms with Gasteiger partial charge in [0.1, 0.15) is 0 Å². The number of benzene rings is 2. The molecule has 1 aliphatic rings. The van der Waals surface area contributed by atoms with Crippen molar-refractivity contribution in [2.24, 2.45) is 0 Å². The molecular formula is C22H21F2N3O. The highest BCUT2D eigenvalue weighted by Crippen LogP contribution is 2.35. The smallest absolute Gasteiger partial charge is 0.187 e. The lowest BCUT2D eigenvalue weighted by molar-refractivity contribution is 0.313. The van der Waals surface area contributed by atoms with Crippen molar-refractivity contribution in [3.63, 3.8) is 0 Å². The quantitative estimate of drug-likeness (QED) is 0.740. The number of aromatic hydroxyl groups is 1. The molecule has 1 fully saturated rings. The molecule has 0 atom stereocenters. The molecule has 0 saturated carbocycles. The maximum Gasteiger partial charge on any atom is 0.187 e. The van der Waals surface area contributed by atoms with Gasteiger partial charge in [-0.25, -0.2) is 8.78 Å². The molecule has 0 bridgehead atoms. The summed E-state index contributed by atoms with van der Waals surface area (Å²) in [5.41, 5.74) is 3.84. The van der Waals surface area contributed by atoms with Crippen LogP contribution < -0.4 is 4.90 Å². The molecule has 0 amide bonds. The average Bonchev–Trinajstić information content (AvgIpc) is 2.72. The van der Waals surface area contributed by atoms with Gasteiger partial charge in [0.2, 0.25) is 0 Å². The molecule has 0 aliphatic carbocycles. The Morgan fingerprint density at radius 3 is 2.32 bits per heavy atom. The molecule has 4 rings (SSSR count). The Bertz CT molecular complexity index is 978. The van der Waals surface area contributed by atoms with Crippen LogP contribution in [0.3, 0.4) is 0 Å². The Kier molecular flexibility index (Phi) is 4.96. The first kappa shape index (κ1) is 18.4. The first-order valence-electron chi connectivity index (χ1n) is 9.19. The molecule has 0 spiro atoms. The summed E-state index contributed by atoms with van der Waals surface area (Å²) in [7, 11) is 2.12. The number of pyridine rings is 1. The number of rotatable bonds is 3. The van der Waals surface area contributed by atoms with Gasteiger partial charge in [0, 0.05) is 49.8 Å². The van der Waals surface area contributed by atoms with Crippen LogP contribution in [0.4, 0.5) is 14.5 Å². The molecule has 1 N–H and O–H groups in total. The molecule has 6 heteroatoms. The lowest BCUT2D eigenvalue weighted by Crippen LogP contribution is -2.44. The number of phenolic OH excluding ortho intramolecular Hbond substituents is 1. The maximum atomic E-state index is 13.9. The normalized spacial score (nSPS) is 15.0. The third-order valence-corrected chi connectivity index (χ3v) is 5.17. The minimum Gasteiger partial charge on any atom is -0.503 e. The van der Waals surface area contributed by atoms with E-state index in [-0.39, 0.29) is 0 Å². The fourth-order valence-electron chi connectivity index (χ4n) is 3.53. The fraction of sp³-hybridized carbons (Fsp3) is 0.227. The first-order valence-corrected chi connectivity index (χ1v) is 9.19. The SMILES string of the molecule is CN1CCN(c2cccc(-c3ccncc3-c3cc(F)c(O)c(F)c3)c2)CC1. The summed E-state index contributed by atoms with van der Waals surface area (Å²) < 4.78 is 27.8. The highest BCUT2D eigenvalue weighted by Gasteiger charge is 2.17. The number of halogens is 2. The molecule has 1 aromatic heterocycles. The van der Waals surface area contributed by atoms with Gasteiger partial charge in [-0.1, -0.05) is 12.1 Å². The number of likely N-dealkylation sites (N-methyl/N-ethyl adjacent to an activating group) is 1. The van der Waals surface area contributed by atoms with Crippen molar-refractivity contribution in [3.05, 3.63) is 66.5 Å². The molecule has 144 valence electrons. The fourth-order valence-corrected chi connectivity index (χ4v) is 3.53. The van der Waals surface area contributed by atoms with E-state index < -0.39 is 17.4 Å². The standard InChI is InChI=1S/C22H21F2N3O/c1-26-7-9-27(10-8-26)17-4-2-3-15(11-17)18-5-6-25-14-19(18)16-12-20(23)22(28)21(24)13-16/h2-6,11-14,28H,7-10H2,1H3. The van der Waals surface area contributed by atoms with Crippen LogP contribution in [0.15, 0.2) is 54.9 Å². The third-order valence-electron chi connectivity index (χ3n) is 5.17. The van der Waals surface area contributed by atoms with E-state index in [1.807, 2.05) is 18.2 Å². The van der Waals surface area contributed by atoms with Gasteiger partial charge in [0.25, 0.3) is 0 Å². The molecule has 2 heterocycles. The number of anilines is 1. The van der Waals surface area contributed by atoms with Crippen LogP contribution in [0, 0.1) is 11.6 Å². The molecule has 1 aliphatic heterocycles. The van der Waals surface area contributed by atoms with Crippen LogP contribution in [0.25, 0.3) is 22.3 Å². The van der Waals surface area contributed by atoms with Crippen LogP contribution >= 0.6 is 0 Å². The van der Waals surface area contributed by atoms with Gasteiger partial charge in [-0.15, -0.1) is 0 Å². The number of piperazine rings is 1. The molecule has 2 aromatic carbocycles. The highest BCUT2D eigenvalue weighted by molar-refractivity contribution is 5.84. The predicted octanol–water partition coefficient (Wildman–Crippen LogP) is 4.15. The summed E-state index contributed by atoms with van der Waals surface area (Å²) in [5.74, 6) is -2.95. The summed E-state index contributed by atoms with van der Waals surface area (Å²) in [6, 6.07) is 12.2. The van der Waals surface area contributed by atoms with Crippen LogP contribution in [0.5, 0.6) is 5.75 Å². The molecule has 4 nitrogen and oxygen atoms in total. The lowest BCUT2D eigenvalue weighted by Gasteiger charge is -2.34. The van der Waals surface area contributed by atoms with Crippen LogP contribution in [-0.4, -0.2) is 48.2 Å². The zero-order valence-corrected chi connectivity index (χ0v) is 15.6. The third kappa shape index (κ3) is 3.55. The molecule has 3 aromatic rings. The topological polar surface area (TPSA) is 39.6 Å². The first-order chi connectivity index (χ1) is 13.5. The summed E-state index contributed by atoms with van der Waals surface area (Å²) in [6.07, 6.45) is 3.25. The van der Waals surface area contributed by atoms with Crippen molar-refractivity contribution < 1.29 is 13.9 Å². The number of phenols is 1. The molecule has 28 heavy (non-hydrogen) atoms. The number of hydrogen-bond donors (Lipinski definition) is 1.